The maximum absolute atomic E-state index is 13.6. The Morgan fingerprint density at radius 2 is 1.82 bits per heavy atom. The highest BCUT2D eigenvalue weighted by Crippen LogP contribution is 2.29. The fourth-order valence-electron chi connectivity index (χ4n) is 5.11. The number of hydrogen-bond donors (Lipinski definition) is 1. The lowest BCUT2D eigenvalue weighted by atomic mass is 9.97. The molecule has 2 saturated heterocycles. The fourth-order valence-corrected chi connectivity index (χ4v) is 6.58. The number of sulfonamides is 1. The standard InChI is InChI=1S/C26H29FN6O4S/c1-18(34)30-25-7-5-21(16-29-25)38(36,37)33-10-2-3-19(17-33)26(35)32-13-11-31(12-14-32)24-8-9-28-23-15-20(27)4-6-22(23)24/h4-9,15-16,19H,2-3,10-14,17H2,1H3,(H,29,30,34). The molecular formula is C26H29FN6O4S. The normalized spacial score (nSPS) is 18.9. The second-order valence-electron chi connectivity index (χ2n) is 9.57. The predicted octanol–water partition coefficient (Wildman–Crippen LogP) is 2.48. The van der Waals surface area contributed by atoms with Crippen LogP contribution in [0.25, 0.3) is 10.9 Å². The van der Waals surface area contributed by atoms with E-state index in [4.69, 9.17) is 0 Å². The maximum Gasteiger partial charge on any atom is 0.244 e. The summed E-state index contributed by atoms with van der Waals surface area (Å²) in [6.45, 7) is 4.06. The second kappa shape index (κ2) is 10.6. The number of pyridine rings is 2. The van der Waals surface area contributed by atoms with E-state index in [2.05, 4.69) is 20.2 Å². The van der Waals surface area contributed by atoms with Crippen LogP contribution in [-0.4, -0.2) is 78.7 Å². The first-order valence-electron chi connectivity index (χ1n) is 12.5. The van der Waals surface area contributed by atoms with Crippen LogP contribution in [0.2, 0.25) is 0 Å². The number of rotatable bonds is 5. The van der Waals surface area contributed by atoms with Crippen molar-refractivity contribution < 1.29 is 22.4 Å². The average molecular weight is 541 g/mol. The largest absolute Gasteiger partial charge is 0.367 e. The molecule has 200 valence electrons. The highest BCUT2D eigenvalue weighted by Gasteiger charge is 2.36. The molecule has 38 heavy (non-hydrogen) atoms. The molecule has 2 aromatic heterocycles. The molecule has 1 aromatic carbocycles. The van der Waals surface area contributed by atoms with Gasteiger partial charge < -0.3 is 15.1 Å². The van der Waals surface area contributed by atoms with Gasteiger partial charge in [0.05, 0.1) is 11.4 Å². The molecule has 2 aliphatic rings. The number of benzene rings is 1. The van der Waals surface area contributed by atoms with Crippen molar-refractivity contribution >= 4 is 44.2 Å². The van der Waals surface area contributed by atoms with Crippen molar-refractivity contribution in [1.82, 2.24) is 19.2 Å². The summed E-state index contributed by atoms with van der Waals surface area (Å²) in [4.78, 5) is 36.9. The first kappa shape index (κ1) is 26.0. The minimum atomic E-state index is -3.83. The van der Waals surface area contributed by atoms with Crippen LogP contribution >= 0.6 is 0 Å². The van der Waals surface area contributed by atoms with E-state index in [1.165, 1.54) is 41.7 Å². The lowest BCUT2D eigenvalue weighted by Gasteiger charge is -2.39. The van der Waals surface area contributed by atoms with Crippen molar-refractivity contribution in [2.45, 2.75) is 24.7 Å². The van der Waals surface area contributed by atoms with Crippen molar-refractivity contribution in [2.75, 3.05) is 49.5 Å². The quantitative estimate of drug-likeness (QED) is 0.529. The lowest BCUT2D eigenvalue weighted by molar-refractivity contribution is -0.137. The van der Waals surface area contributed by atoms with Gasteiger partial charge >= 0.3 is 0 Å². The van der Waals surface area contributed by atoms with Crippen molar-refractivity contribution in [3.8, 4) is 0 Å². The number of piperazine rings is 1. The molecular weight excluding hydrogens is 511 g/mol. The molecule has 1 N–H and O–H groups in total. The van der Waals surface area contributed by atoms with Crippen LogP contribution in [-0.2, 0) is 19.6 Å². The van der Waals surface area contributed by atoms with Gasteiger partial charge in [-0.15, -0.1) is 0 Å². The monoisotopic (exact) mass is 540 g/mol. The summed E-state index contributed by atoms with van der Waals surface area (Å²) >= 11 is 0. The zero-order valence-electron chi connectivity index (χ0n) is 21.0. The Morgan fingerprint density at radius 3 is 2.53 bits per heavy atom. The molecule has 1 unspecified atom stereocenters. The Labute approximate surface area is 220 Å². The molecule has 4 heterocycles. The van der Waals surface area contributed by atoms with Crippen LogP contribution in [0.1, 0.15) is 19.8 Å². The van der Waals surface area contributed by atoms with Crippen molar-refractivity contribution in [3.05, 3.63) is 54.6 Å². The highest BCUT2D eigenvalue weighted by molar-refractivity contribution is 7.89. The van der Waals surface area contributed by atoms with Gasteiger partial charge in [-0.1, -0.05) is 0 Å². The van der Waals surface area contributed by atoms with E-state index >= 15 is 0 Å². The Morgan fingerprint density at radius 1 is 1.03 bits per heavy atom. The molecule has 5 rings (SSSR count). The number of amides is 2. The van der Waals surface area contributed by atoms with E-state index in [1.54, 1.807) is 12.3 Å². The average Bonchev–Trinajstić information content (AvgIpc) is 2.92. The number of piperidine rings is 1. The van der Waals surface area contributed by atoms with Gasteiger partial charge in [-0.3, -0.25) is 14.6 Å². The van der Waals surface area contributed by atoms with Gasteiger partial charge in [0.1, 0.15) is 16.5 Å². The van der Waals surface area contributed by atoms with Crippen molar-refractivity contribution in [1.29, 1.82) is 0 Å². The number of carbonyl (C=O) groups is 2. The molecule has 2 aliphatic heterocycles. The van der Waals surface area contributed by atoms with Crippen LogP contribution in [0.15, 0.2) is 53.7 Å². The minimum absolute atomic E-state index is 0.0257. The van der Waals surface area contributed by atoms with Gasteiger partial charge in [-0.2, -0.15) is 4.31 Å². The molecule has 12 heteroatoms. The van der Waals surface area contributed by atoms with E-state index in [9.17, 15) is 22.4 Å². The number of anilines is 2. The number of nitrogens with one attached hydrogen (secondary N) is 1. The van der Waals surface area contributed by atoms with E-state index in [1.807, 2.05) is 11.0 Å². The van der Waals surface area contributed by atoms with Gasteiger partial charge in [-0.05, 0) is 43.2 Å². The number of fused-ring (bicyclic) bond motifs is 1. The first-order chi connectivity index (χ1) is 18.2. The predicted molar refractivity (Wildman–Crippen MR) is 141 cm³/mol. The molecule has 10 nitrogen and oxygen atoms in total. The number of carbonyl (C=O) groups excluding carboxylic acids is 2. The number of halogens is 1. The molecule has 2 amide bonds. The summed E-state index contributed by atoms with van der Waals surface area (Å²) in [5.41, 5.74) is 1.54. The highest BCUT2D eigenvalue weighted by atomic mass is 32.2. The second-order valence-corrected chi connectivity index (χ2v) is 11.5. The number of hydrogen-bond acceptors (Lipinski definition) is 7. The Bertz CT molecular complexity index is 1460. The zero-order valence-corrected chi connectivity index (χ0v) is 21.8. The third kappa shape index (κ3) is 5.32. The molecule has 0 aliphatic carbocycles. The van der Waals surface area contributed by atoms with E-state index < -0.39 is 15.9 Å². The van der Waals surface area contributed by atoms with Crippen LogP contribution < -0.4 is 10.2 Å². The molecule has 0 spiro atoms. The van der Waals surface area contributed by atoms with Gasteiger partial charge in [0.2, 0.25) is 21.8 Å². The van der Waals surface area contributed by atoms with E-state index in [0.29, 0.717) is 51.1 Å². The zero-order chi connectivity index (χ0) is 26.9. The molecule has 0 radical (unpaired) electrons. The van der Waals surface area contributed by atoms with Crippen LogP contribution in [0, 0.1) is 11.7 Å². The van der Waals surface area contributed by atoms with Crippen LogP contribution in [0.3, 0.4) is 0 Å². The van der Waals surface area contributed by atoms with Crippen LogP contribution in [0.4, 0.5) is 15.9 Å². The summed E-state index contributed by atoms with van der Waals surface area (Å²) in [6, 6.07) is 9.32. The van der Waals surface area contributed by atoms with Gasteiger partial charge in [0.25, 0.3) is 0 Å². The number of nitrogens with zero attached hydrogens (tertiary/aromatic N) is 5. The summed E-state index contributed by atoms with van der Waals surface area (Å²) in [6.07, 6.45) is 4.11. The Hall–Kier alpha value is -3.64. The summed E-state index contributed by atoms with van der Waals surface area (Å²) in [7, 11) is -3.83. The smallest absolute Gasteiger partial charge is 0.244 e. The minimum Gasteiger partial charge on any atom is -0.367 e. The SMILES string of the molecule is CC(=O)Nc1ccc(S(=O)(=O)N2CCCC(C(=O)N3CCN(c4ccnc5cc(F)ccc45)CC3)C2)cn1. The third-order valence-corrected chi connectivity index (χ3v) is 8.87. The summed E-state index contributed by atoms with van der Waals surface area (Å²) in [5, 5.41) is 3.38. The molecule has 3 aromatic rings. The first-order valence-corrected chi connectivity index (χ1v) is 14.0. The molecule has 2 fully saturated rings. The van der Waals surface area contributed by atoms with Crippen LogP contribution in [0.5, 0.6) is 0 Å². The van der Waals surface area contributed by atoms with E-state index in [0.717, 1.165) is 11.1 Å². The maximum atomic E-state index is 13.6. The summed E-state index contributed by atoms with van der Waals surface area (Å²) in [5.74, 6) is -0.809. The molecule has 0 bridgehead atoms. The molecule has 0 saturated carbocycles. The number of aromatic nitrogens is 2. The summed E-state index contributed by atoms with van der Waals surface area (Å²) < 4.78 is 41.4. The van der Waals surface area contributed by atoms with Crippen molar-refractivity contribution in [2.24, 2.45) is 5.92 Å². The topological polar surface area (TPSA) is 116 Å². The Kier molecular flexibility index (Phi) is 7.26. The Balaban J connectivity index is 1.22. The lowest BCUT2D eigenvalue weighted by Crippen LogP contribution is -2.53. The van der Waals surface area contributed by atoms with Gasteiger partial charge in [0.15, 0.2) is 0 Å². The van der Waals surface area contributed by atoms with E-state index in [-0.39, 0.29) is 34.9 Å². The van der Waals surface area contributed by atoms with Crippen molar-refractivity contribution in [3.63, 3.8) is 0 Å². The third-order valence-electron chi connectivity index (χ3n) is 7.03. The van der Waals surface area contributed by atoms with Gasteiger partial charge in [-0.25, -0.2) is 17.8 Å². The molecule has 1 atom stereocenters. The van der Waals surface area contributed by atoms with Gasteiger partial charge in [0, 0.05) is 75.7 Å². The fraction of sp³-hybridized carbons (Fsp3) is 0.385.